The molecule has 0 saturated carbocycles. The molecule has 1 N–H and O–H groups in total. The number of rotatable bonds is 4. The number of carbonyl (C=O) groups excluding carboxylic acids is 2. The van der Waals surface area contributed by atoms with Gasteiger partial charge in [-0.1, -0.05) is 0 Å². The van der Waals surface area contributed by atoms with Gasteiger partial charge in [-0.05, 0) is 19.4 Å². The maximum absolute atomic E-state index is 12.3. The van der Waals surface area contributed by atoms with Gasteiger partial charge in [0.1, 0.15) is 12.3 Å². The number of thiazole rings is 1. The molecule has 3 aromatic rings. The van der Waals surface area contributed by atoms with Crippen molar-refractivity contribution in [3.63, 3.8) is 0 Å². The van der Waals surface area contributed by atoms with Crippen molar-refractivity contribution in [2.45, 2.75) is 20.5 Å². The van der Waals surface area contributed by atoms with Crippen LogP contribution in [0.2, 0.25) is 0 Å². The van der Waals surface area contributed by atoms with Crippen molar-refractivity contribution in [3.8, 4) is 0 Å². The van der Waals surface area contributed by atoms with E-state index in [1.165, 1.54) is 28.9 Å². The molecule has 0 saturated heterocycles. The Kier molecular flexibility index (Phi) is 4.41. The number of ether oxygens (including phenoxy) is 2. The summed E-state index contributed by atoms with van der Waals surface area (Å²) in [4.78, 5) is 43.6. The fourth-order valence-corrected chi connectivity index (χ4v) is 3.27. The van der Waals surface area contributed by atoms with Crippen molar-refractivity contribution in [1.29, 1.82) is 0 Å². The first-order valence-electron chi connectivity index (χ1n) is 7.32. The van der Waals surface area contributed by atoms with Gasteiger partial charge in [0.05, 0.1) is 18.4 Å². The zero-order valence-corrected chi connectivity index (χ0v) is 14.6. The summed E-state index contributed by atoms with van der Waals surface area (Å²) in [5, 5.41) is 1.75. The first kappa shape index (κ1) is 16.9. The number of hydrogen-bond donors (Lipinski definition) is 1. The fraction of sp³-hybridized carbons (Fsp3) is 0.250. The molecule has 0 spiro atoms. The molecule has 25 heavy (non-hydrogen) atoms. The molecule has 0 aliphatic rings. The lowest BCUT2D eigenvalue weighted by atomic mass is 10.1. The molecular formula is C16H15N3O5S. The number of nitrogens with zero attached hydrogens (tertiary/aromatic N) is 2. The highest BCUT2D eigenvalue weighted by Crippen LogP contribution is 2.20. The van der Waals surface area contributed by atoms with Crippen molar-refractivity contribution in [3.05, 3.63) is 56.2 Å². The smallest absolute Gasteiger partial charge is 0.355 e. The van der Waals surface area contributed by atoms with E-state index in [4.69, 9.17) is 9.47 Å². The first-order valence-corrected chi connectivity index (χ1v) is 8.20. The third-order valence-corrected chi connectivity index (χ3v) is 4.50. The molecule has 0 bridgehead atoms. The number of methoxy groups -OCH3 is 1. The summed E-state index contributed by atoms with van der Waals surface area (Å²) in [7, 11) is 1.27. The highest BCUT2D eigenvalue weighted by Gasteiger charge is 2.23. The predicted octanol–water partition coefficient (Wildman–Crippen LogP) is 1.84. The Morgan fingerprint density at radius 1 is 1.32 bits per heavy atom. The van der Waals surface area contributed by atoms with E-state index >= 15 is 0 Å². The van der Waals surface area contributed by atoms with E-state index < -0.39 is 11.9 Å². The Labute approximate surface area is 146 Å². The van der Waals surface area contributed by atoms with Crippen LogP contribution in [0.5, 0.6) is 0 Å². The molecule has 0 atom stereocenters. The molecule has 0 fully saturated rings. The van der Waals surface area contributed by atoms with E-state index in [0.29, 0.717) is 27.5 Å². The summed E-state index contributed by atoms with van der Waals surface area (Å²) in [6, 6.07) is 1.32. The zero-order valence-electron chi connectivity index (χ0n) is 13.8. The molecule has 0 aliphatic carbocycles. The van der Waals surface area contributed by atoms with Crippen LogP contribution < -0.4 is 5.56 Å². The Morgan fingerprint density at radius 2 is 2.08 bits per heavy atom. The van der Waals surface area contributed by atoms with Crippen LogP contribution in [0.4, 0.5) is 0 Å². The minimum absolute atomic E-state index is 0.145. The highest BCUT2D eigenvalue weighted by molar-refractivity contribution is 7.15. The van der Waals surface area contributed by atoms with Crippen molar-refractivity contribution in [2.75, 3.05) is 7.11 Å². The van der Waals surface area contributed by atoms with Gasteiger partial charge < -0.3 is 14.5 Å². The number of carbonyl (C=O) groups is 2. The maximum Gasteiger partial charge on any atom is 0.355 e. The van der Waals surface area contributed by atoms with E-state index in [9.17, 15) is 14.4 Å². The summed E-state index contributed by atoms with van der Waals surface area (Å²) in [6.45, 7) is 3.16. The molecule has 0 radical (unpaired) electrons. The van der Waals surface area contributed by atoms with Crippen LogP contribution >= 0.6 is 11.3 Å². The third-order valence-electron chi connectivity index (χ3n) is 3.74. The molecule has 3 heterocycles. The van der Waals surface area contributed by atoms with Gasteiger partial charge in [-0.15, -0.1) is 11.3 Å². The van der Waals surface area contributed by atoms with Crippen LogP contribution in [-0.2, 0) is 16.1 Å². The predicted molar refractivity (Wildman–Crippen MR) is 90.1 cm³/mol. The Morgan fingerprint density at radius 3 is 2.80 bits per heavy atom. The van der Waals surface area contributed by atoms with E-state index in [1.807, 2.05) is 0 Å². The lowest BCUT2D eigenvalue weighted by molar-refractivity contribution is 0.0460. The molecule has 3 aromatic heterocycles. The van der Waals surface area contributed by atoms with E-state index in [1.54, 1.807) is 25.4 Å². The first-order chi connectivity index (χ1) is 11.9. The minimum atomic E-state index is -0.635. The van der Waals surface area contributed by atoms with Crippen LogP contribution in [0.25, 0.3) is 4.96 Å². The average Bonchev–Trinajstić information content (AvgIpc) is 3.17. The second-order valence-corrected chi connectivity index (χ2v) is 6.21. The number of aromatic amines is 1. The van der Waals surface area contributed by atoms with E-state index in [0.717, 1.165) is 0 Å². The Bertz CT molecular complexity index is 1030. The van der Waals surface area contributed by atoms with Crippen molar-refractivity contribution < 1.29 is 19.1 Å². The summed E-state index contributed by atoms with van der Waals surface area (Å²) in [5.41, 5.74) is 1.58. The molecule has 3 rings (SSSR count). The zero-order chi connectivity index (χ0) is 18.1. The number of nitrogens with one attached hydrogen (secondary N) is 1. The van der Waals surface area contributed by atoms with Gasteiger partial charge in [0.15, 0.2) is 4.96 Å². The molecular weight excluding hydrogens is 346 g/mol. The van der Waals surface area contributed by atoms with E-state index in [-0.39, 0.29) is 17.9 Å². The number of esters is 2. The number of H-pyrrole nitrogens is 1. The van der Waals surface area contributed by atoms with Gasteiger partial charge in [0, 0.05) is 23.3 Å². The van der Waals surface area contributed by atoms with E-state index in [2.05, 4.69) is 9.97 Å². The fourth-order valence-electron chi connectivity index (χ4n) is 2.54. The minimum Gasteiger partial charge on any atom is -0.465 e. The van der Waals surface area contributed by atoms with Crippen LogP contribution in [-0.4, -0.2) is 33.4 Å². The summed E-state index contributed by atoms with van der Waals surface area (Å²) in [6.07, 6.45) is 1.63. The second kappa shape index (κ2) is 6.52. The Balaban J connectivity index is 1.80. The normalized spacial score (nSPS) is 10.8. The molecule has 9 heteroatoms. The summed E-state index contributed by atoms with van der Waals surface area (Å²) < 4.78 is 11.4. The third kappa shape index (κ3) is 3.05. The largest absolute Gasteiger partial charge is 0.465 e. The van der Waals surface area contributed by atoms with Crippen molar-refractivity contribution in [1.82, 2.24) is 14.4 Å². The number of aryl methyl sites for hydroxylation is 1. The van der Waals surface area contributed by atoms with Gasteiger partial charge in [-0.3, -0.25) is 9.20 Å². The number of fused-ring (bicyclic) bond motifs is 1. The van der Waals surface area contributed by atoms with Crippen LogP contribution in [0.3, 0.4) is 0 Å². The highest BCUT2D eigenvalue weighted by atomic mass is 32.1. The standard InChI is InChI=1S/C16H15N3O5S/c1-8-12(14(21)23-3)9(2)17-13(8)15(22)24-7-10-6-11(20)19-4-5-25-16(19)18-10/h4-6,17H,7H2,1-3H3. The maximum atomic E-state index is 12.3. The molecule has 0 unspecified atom stereocenters. The molecule has 0 aliphatic heterocycles. The molecule has 130 valence electrons. The molecule has 0 amide bonds. The SMILES string of the molecule is COC(=O)c1c(C)[nH]c(C(=O)OCc2cc(=O)n3ccsc3n2)c1C. The van der Waals surface area contributed by atoms with Gasteiger partial charge >= 0.3 is 11.9 Å². The molecule has 0 aromatic carbocycles. The number of hydrogen-bond acceptors (Lipinski definition) is 7. The van der Waals surface area contributed by atoms with Crippen molar-refractivity contribution >= 4 is 28.2 Å². The van der Waals surface area contributed by atoms with Crippen molar-refractivity contribution in [2.24, 2.45) is 0 Å². The Hall–Kier alpha value is -2.94. The summed E-state index contributed by atoms with van der Waals surface area (Å²) in [5.74, 6) is -1.16. The lowest BCUT2D eigenvalue weighted by Crippen LogP contribution is -2.15. The average molecular weight is 361 g/mol. The number of aromatic nitrogens is 3. The van der Waals surface area contributed by atoms with Crippen LogP contribution in [0, 0.1) is 13.8 Å². The molecule has 8 nitrogen and oxygen atoms in total. The summed E-state index contributed by atoms with van der Waals surface area (Å²) >= 11 is 1.31. The lowest BCUT2D eigenvalue weighted by Gasteiger charge is -2.04. The van der Waals surface area contributed by atoms with Gasteiger partial charge in [-0.25, -0.2) is 14.6 Å². The quantitative estimate of drug-likeness (QED) is 0.712. The topological polar surface area (TPSA) is 103 Å². The van der Waals surface area contributed by atoms with Gasteiger partial charge in [0.25, 0.3) is 5.56 Å². The van der Waals surface area contributed by atoms with Gasteiger partial charge in [-0.2, -0.15) is 0 Å². The van der Waals surface area contributed by atoms with Crippen LogP contribution in [0.1, 0.15) is 37.8 Å². The second-order valence-electron chi connectivity index (χ2n) is 5.33. The monoisotopic (exact) mass is 361 g/mol. The van der Waals surface area contributed by atoms with Crippen LogP contribution in [0.15, 0.2) is 22.4 Å². The van der Waals surface area contributed by atoms with Gasteiger partial charge in [0.2, 0.25) is 0 Å².